The van der Waals surface area contributed by atoms with Crippen LogP contribution in [0, 0.1) is 24.0 Å². The van der Waals surface area contributed by atoms with Crippen molar-refractivity contribution in [1.29, 1.82) is 0 Å². The Bertz CT molecular complexity index is 501. The van der Waals surface area contributed by atoms with Crippen LogP contribution >= 0.6 is 12.4 Å². The third-order valence-electron chi connectivity index (χ3n) is 3.00. The molecule has 1 amide bonds. The fraction of sp³-hybridized carbons (Fsp3) is 0.667. The molecule has 0 aliphatic rings. The Hall–Kier alpha value is -1.67. The maximum Gasteiger partial charge on any atom is 0.312 e. The monoisotopic (exact) mass is 319 g/mol. The van der Waals surface area contributed by atoms with Gasteiger partial charge in [0.15, 0.2) is 0 Å². The molecule has 0 saturated carbocycles. The number of hydrogen-bond donors (Lipinski definition) is 2. The van der Waals surface area contributed by atoms with Gasteiger partial charge in [-0.1, -0.05) is 0 Å². The fourth-order valence-electron chi connectivity index (χ4n) is 1.90. The average Bonchev–Trinajstić information content (AvgIpc) is 2.61. The van der Waals surface area contributed by atoms with Crippen LogP contribution < -0.4 is 11.1 Å². The summed E-state index contributed by atoms with van der Waals surface area (Å²) < 4.78 is 1.50. The van der Waals surface area contributed by atoms with Crippen molar-refractivity contribution in [2.45, 2.75) is 46.2 Å². The molecule has 1 atom stereocenters. The third-order valence-corrected chi connectivity index (χ3v) is 3.00. The van der Waals surface area contributed by atoms with Crippen molar-refractivity contribution >= 4 is 24.0 Å². The number of aromatic nitrogens is 2. The van der Waals surface area contributed by atoms with Gasteiger partial charge in [0, 0.05) is 19.0 Å². The van der Waals surface area contributed by atoms with E-state index in [-0.39, 0.29) is 36.5 Å². The number of carbonyl (C=O) groups excluding carboxylic acids is 1. The molecule has 1 aromatic rings. The van der Waals surface area contributed by atoms with Crippen LogP contribution in [0.25, 0.3) is 0 Å². The molecule has 0 fully saturated rings. The summed E-state index contributed by atoms with van der Waals surface area (Å²) in [6, 6.07) is 0.0500. The van der Waals surface area contributed by atoms with Crippen LogP contribution in [0.4, 0.5) is 5.69 Å². The fourth-order valence-corrected chi connectivity index (χ4v) is 1.90. The van der Waals surface area contributed by atoms with Gasteiger partial charge in [-0.2, -0.15) is 5.10 Å². The van der Waals surface area contributed by atoms with E-state index in [1.54, 1.807) is 13.8 Å². The van der Waals surface area contributed by atoms with Gasteiger partial charge in [0.1, 0.15) is 11.4 Å². The van der Waals surface area contributed by atoms with E-state index in [0.717, 1.165) is 6.42 Å². The van der Waals surface area contributed by atoms with Gasteiger partial charge in [-0.3, -0.25) is 19.6 Å². The molecule has 0 aliphatic heterocycles. The number of rotatable bonds is 7. The molecule has 8 nitrogen and oxygen atoms in total. The van der Waals surface area contributed by atoms with Crippen LogP contribution in [0.2, 0.25) is 0 Å². The first-order chi connectivity index (χ1) is 9.32. The summed E-state index contributed by atoms with van der Waals surface area (Å²) in [4.78, 5) is 22.0. The van der Waals surface area contributed by atoms with Gasteiger partial charge in [-0.15, -0.1) is 12.4 Å². The zero-order valence-electron chi connectivity index (χ0n) is 12.5. The lowest BCUT2D eigenvalue weighted by Crippen LogP contribution is -2.29. The lowest BCUT2D eigenvalue weighted by atomic mass is 10.2. The average molecular weight is 320 g/mol. The Morgan fingerprint density at radius 2 is 2.14 bits per heavy atom. The molecule has 0 aromatic carbocycles. The number of nitrogens with zero attached hydrogens (tertiary/aromatic N) is 3. The standard InChI is InChI=1S/C12H21N5O3.ClH/c1-8(13)4-6-14-11(18)5-7-16-10(3)12(17(19)20)9(2)15-16;/h8H,4-7,13H2,1-3H3,(H,14,18);1H. The molecule has 0 aliphatic carbocycles. The number of hydrogen-bond acceptors (Lipinski definition) is 5. The summed E-state index contributed by atoms with van der Waals surface area (Å²) in [6.07, 6.45) is 0.954. The van der Waals surface area contributed by atoms with Gasteiger partial charge in [0.05, 0.1) is 11.5 Å². The maximum absolute atomic E-state index is 11.6. The van der Waals surface area contributed by atoms with E-state index >= 15 is 0 Å². The maximum atomic E-state index is 11.6. The highest BCUT2D eigenvalue weighted by Gasteiger charge is 2.21. The Kier molecular flexibility index (Phi) is 7.90. The molecule has 120 valence electrons. The van der Waals surface area contributed by atoms with Crippen LogP contribution in [0.15, 0.2) is 0 Å². The summed E-state index contributed by atoms with van der Waals surface area (Å²) in [5.74, 6) is -0.110. The molecule has 1 unspecified atom stereocenters. The van der Waals surface area contributed by atoms with Gasteiger partial charge in [0.25, 0.3) is 0 Å². The van der Waals surface area contributed by atoms with Crippen molar-refractivity contribution in [1.82, 2.24) is 15.1 Å². The summed E-state index contributed by atoms with van der Waals surface area (Å²) in [5, 5.41) is 17.7. The Labute approximate surface area is 129 Å². The molecule has 0 bridgehead atoms. The van der Waals surface area contributed by atoms with Gasteiger partial charge >= 0.3 is 5.69 Å². The topological polar surface area (TPSA) is 116 Å². The van der Waals surface area contributed by atoms with E-state index in [9.17, 15) is 14.9 Å². The zero-order chi connectivity index (χ0) is 15.3. The number of halogens is 1. The summed E-state index contributed by atoms with van der Waals surface area (Å²) in [5.41, 5.74) is 6.43. The van der Waals surface area contributed by atoms with Gasteiger partial charge in [0.2, 0.25) is 5.91 Å². The molecule has 1 heterocycles. The number of aryl methyl sites for hydroxylation is 2. The second-order valence-electron chi connectivity index (χ2n) is 4.87. The Balaban J connectivity index is 0.00000400. The molecule has 21 heavy (non-hydrogen) atoms. The smallest absolute Gasteiger partial charge is 0.312 e. The van der Waals surface area contributed by atoms with Crippen LogP contribution in [-0.2, 0) is 11.3 Å². The number of carbonyl (C=O) groups is 1. The Morgan fingerprint density at radius 3 is 2.62 bits per heavy atom. The van der Waals surface area contributed by atoms with E-state index in [0.29, 0.717) is 24.5 Å². The predicted molar refractivity (Wildman–Crippen MR) is 81.5 cm³/mol. The minimum absolute atomic E-state index is 0. The van der Waals surface area contributed by atoms with Crippen molar-refractivity contribution in [3.8, 4) is 0 Å². The highest BCUT2D eigenvalue weighted by atomic mass is 35.5. The Morgan fingerprint density at radius 1 is 1.52 bits per heavy atom. The van der Waals surface area contributed by atoms with Crippen molar-refractivity contribution in [3.05, 3.63) is 21.5 Å². The predicted octanol–water partition coefficient (Wildman–Crippen LogP) is 1.07. The van der Waals surface area contributed by atoms with E-state index < -0.39 is 4.92 Å². The normalized spacial score (nSPS) is 11.6. The van der Waals surface area contributed by atoms with Crippen LogP contribution in [0.3, 0.4) is 0 Å². The van der Waals surface area contributed by atoms with Crippen molar-refractivity contribution < 1.29 is 9.72 Å². The molecular weight excluding hydrogens is 298 g/mol. The second kappa shape index (κ2) is 8.58. The number of nitro groups is 1. The first kappa shape index (κ1) is 19.3. The lowest BCUT2D eigenvalue weighted by molar-refractivity contribution is -0.386. The van der Waals surface area contributed by atoms with E-state index in [4.69, 9.17) is 5.73 Å². The van der Waals surface area contributed by atoms with Crippen LogP contribution in [-0.4, -0.2) is 33.2 Å². The zero-order valence-corrected chi connectivity index (χ0v) is 13.3. The second-order valence-corrected chi connectivity index (χ2v) is 4.87. The first-order valence-electron chi connectivity index (χ1n) is 6.53. The molecule has 0 saturated heterocycles. The number of amides is 1. The minimum Gasteiger partial charge on any atom is -0.356 e. The summed E-state index contributed by atoms with van der Waals surface area (Å²) >= 11 is 0. The van der Waals surface area contributed by atoms with Crippen LogP contribution in [0.5, 0.6) is 0 Å². The van der Waals surface area contributed by atoms with Crippen LogP contribution in [0.1, 0.15) is 31.2 Å². The molecule has 1 aromatic heterocycles. The molecule has 3 N–H and O–H groups in total. The SMILES string of the molecule is Cc1nn(CCC(=O)NCCC(C)N)c(C)c1[N+](=O)[O-].Cl. The lowest BCUT2D eigenvalue weighted by Gasteiger charge is -2.07. The first-order valence-corrected chi connectivity index (χ1v) is 6.53. The van der Waals surface area contributed by atoms with Gasteiger partial charge in [-0.05, 0) is 27.2 Å². The van der Waals surface area contributed by atoms with E-state index in [1.807, 2.05) is 6.92 Å². The summed E-state index contributed by atoms with van der Waals surface area (Å²) in [7, 11) is 0. The van der Waals surface area contributed by atoms with Crippen molar-refractivity contribution in [2.24, 2.45) is 5.73 Å². The minimum atomic E-state index is -0.448. The number of nitrogens with two attached hydrogens (primary N) is 1. The largest absolute Gasteiger partial charge is 0.356 e. The summed E-state index contributed by atoms with van der Waals surface area (Å²) in [6.45, 7) is 5.95. The highest BCUT2D eigenvalue weighted by Crippen LogP contribution is 2.21. The molecule has 0 spiro atoms. The van der Waals surface area contributed by atoms with Gasteiger partial charge < -0.3 is 11.1 Å². The van der Waals surface area contributed by atoms with Crippen molar-refractivity contribution in [2.75, 3.05) is 6.54 Å². The third kappa shape index (κ3) is 5.68. The molecule has 0 radical (unpaired) electrons. The quantitative estimate of drug-likeness (QED) is 0.576. The molecule has 9 heteroatoms. The molecular formula is C12H22ClN5O3. The highest BCUT2D eigenvalue weighted by molar-refractivity contribution is 5.85. The van der Waals surface area contributed by atoms with Crippen molar-refractivity contribution in [3.63, 3.8) is 0 Å². The van der Waals surface area contributed by atoms with E-state index in [1.165, 1.54) is 4.68 Å². The number of nitrogens with one attached hydrogen (secondary N) is 1. The molecule has 1 rings (SSSR count). The van der Waals surface area contributed by atoms with E-state index in [2.05, 4.69) is 10.4 Å². The van der Waals surface area contributed by atoms with Gasteiger partial charge in [-0.25, -0.2) is 0 Å².